The van der Waals surface area contributed by atoms with E-state index in [1.807, 2.05) is 24.3 Å². The average molecular weight is 428 g/mol. The highest BCUT2D eigenvalue weighted by Gasteiger charge is 2.15. The minimum Gasteiger partial charge on any atom is -0.468 e. The highest BCUT2D eigenvalue weighted by molar-refractivity contribution is 7.89. The third-order valence-electron chi connectivity index (χ3n) is 4.70. The summed E-state index contributed by atoms with van der Waals surface area (Å²) in [7, 11) is -3.70. The zero-order valence-electron chi connectivity index (χ0n) is 17.0. The molecule has 0 bridgehead atoms. The summed E-state index contributed by atoms with van der Waals surface area (Å²) in [6, 6.07) is 16.8. The van der Waals surface area contributed by atoms with Crippen LogP contribution in [0.15, 0.2) is 76.2 Å². The van der Waals surface area contributed by atoms with Crippen molar-refractivity contribution in [1.29, 1.82) is 0 Å². The predicted molar refractivity (Wildman–Crippen MR) is 117 cm³/mol. The van der Waals surface area contributed by atoms with E-state index in [-0.39, 0.29) is 17.3 Å². The van der Waals surface area contributed by atoms with Crippen LogP contribution in [-0.4, -0.2) is 27.4 Å². The van der Waals surface area contributed by atoms with E-state index in [1.54, 1.807) is 12.1 Å². The number of sulfonamides is 1. The standard InChI is InChI=1S/C22H25N3O4S/c1-3-25(4-2)19-11-9-18(10-12-19)24-22(26)17-7-13-21(14-8-17)30(27,28)23-16-20-6-5-15-29-20/h5-15,23H,3-4,16H2,1-2H3,(H,24,26). The van der Waals surface area contributed by atoms with E-state index in [4.69, 9.17) is 4.42 Å². The first-order chi connectivity index (χ1) is 14.4. The van der Waals surface area contributed by atoms with Gasteiger partial charge >= 0.3 is 0 Å². The molecule has 0 aliphatic heterocycles. The van der Waals surface area contributed by atoms with Crippen LogP contribution in [0.1, 0.15) is 30.0 Å². The number of hydrogen-bond acceptors (Lipinski definition) is 5. The molecule has 0 saturated carbocycles. The summed E-state index contributed by atoms with van der Waals surface area (Å²) >= 11 is 0. The molecule has 158 valence electrons. The average Bonchev–Trinajstić information content (AvgIpc) is 3.28. The molecule has 3 aromatic rings. The Bertz CT molecular complexity index is 1060. The van der Waals surface area contributed by atoms with Crippen molar-refractivity contribution in [1.82, 2.24) is 4.72 Å². The zero-order chi connectivity index (χ0) is 21.6. The second-order valence-electron chi connectivity index (χ2n) is 6.60. The smallest absolute Gasteiger partial charge is 0.255 e. The lowest BCUT2D eigenvalue weighted by Crippen LogP contribution is -2.23. The van der Waals surface area contributed by atoms with Crippen molar-refractivity contribution in [2.75, 3.05) is 23.3 Å². The molecule has 0 atom stereocenters. The SMILES string of the molecule is CCN(CC)c1ccc(NC(=O)c2ccc(S(=O)(=O)NCc3ccco3)cc2)cc1. The molecule has 8 heteroatoms. The van der Waals surface area contributed by atoms with Gasteiger partial charge in [-0.3, -0.25) is 4.79 Å². The van der Waals surface area contributed by atoms with Crippen molar-refractivity contribution in [3.05, 3.63) is 78.3 Å². The minimum absolute atomic E-state index is 0.0566. The molecule has 0 saturated heterocycles. The van der Waals surface area contributed by atoms with Gasteiger partial charge in [0.05, 0.1) is 17.7 Å². The Kier molecular flexibility index (Phi) is 6.91. The van der Waals surface area contributed by atoms with E-state index in [0.29, 0.717) is 17.0 Å². The van der Waals surface area contributed by atoms with E-state index >= 15 is 0 Å². The molecular weight excluding hydrogens is 402 g/mol. The number of nitrogens with zero attached hydrogens (tertiary/aromatic N) is 1. The lowest BCUT2D eigenvalue weighted by atomic mass is 10.2. The summed E-state index contributed by atoms with van der Waals surface area (Å²) < 4.78 is 32.3. The molecule has 2 N–H and O–H groups in total. The van der Waals surface area contributed by atoms with Gasteiger partial charge in [0, 0.05) is 30.0 Å². The fourth-order valence-electron chi connectivity index (χ4n) is 3.00. The molecule has 0 aliphatic carbocycles. The normalized spacial score (nSPS) is 11.3. The Hall–Kier alpha value is -3.10. The molecule has 1 aromatic heterocycles. The molecule has 0 unspecified atom stereocenters. The van der Waals surface area contributed by atoms with Gasteiger partial charge < -0.3 is 14.6 Å². The number of rotatable bonds is 9. The highest BCUT2D eigenvalue weighted by atomic mass is 32.2. The van der Waals surface area contributed by atoms with Crippen molar-refractivity contribution < 1.29 is 17.6 Å². The van der Waals surface area contributed by atoms with Crippen LogP contribution in [-0.2, 0) is 16.6 Å². The minimum atomic E-state index is -3.70. The Morgan fingerprint density at radius 3 is 2.20 bits per heavy atom. The van der Waals surface area contributed by atoms with Crippen LogP contribution in [0.25, 0.3) is 0 Å². The number of carbonyl (C=O) groups excluding carboxylic acids is 1. The van der Waals surface area contributed by atoms with E-state index in [9.17, 15) is 13.2 Å². The summed E-state index contributed by atoms with van der Waals surface area (Å²) in [4.78, 5) is 14.8. The zero-order valence-corrected chi connectivity index (χ0v) is 17.8. The van der Waals surface area contributed by atoms with E-state index < -0.39 is 10.0 Å². The molecule has 3 rings (SSSR count). The highest BCUT2D eigenvalue weighted by Crippen LogP contribution is 2.19. The quantitative estimate of drug-likeness (QED) is 0.541. The van der Waals surface area contributed by atoms with Gasteiger partial charge in [-0.1, -0.05) is 0 Å². The van der Waals surface area contributed by atoms with Crippen LogP contribution in [0, 0.1) is 0 Å². The third kappa shape index (κ3) is 5.28. The molecule has 30 heavy (non-hydrogen) atoms. The van der Waals surface area contributed by atoms with Gasteiger partial charge in [-0.05, 0) is 74.5 Å². The summed E-state index contributed by atoms with van der Waals surface area (Å²) in [5.41, 5.74) is 2.13. The van der Waals surface area contributed by atoms with Crippen molar-refractivity contribution in [3.8, 4) is 0 Å². The van der Waals surface area contributed by atoms with Crippen molar-refractivity contribution in [2.24, 2.45) is 0 Å². The maximum absolute atomic E-state index is 12.5. The van der Waals surface area contributed by atoms with Crippen LogP contribution in [0.5, 0.6) is 0 Å². The molecule has 0 spiro atoms. The van der Waals surface area contributed by atoms with Gasteiger partial charge in [0.1, 0.15) is 5.76 Å². The van der Waals surface area contributed by atoms with Crippen LogP contribution in [0.3, 0.4) is 0 Å². The predicted octanol–water partition coefficient (Wildman–Crippen LogP) is 3.86. The van der Waals surface area contributed by atoms with Crippen LogP contribution >= 0.6 is 0 Å². The van der Waals surface area contributed by atoms with Crippen LogP contribution in [0.4, 0.5) is 11.4 Å². The molecule has 0 aliphatic rings. The summed E-state index contributed by atoms with van der Waals surface area (Å²) in [5.74, 6) is 0.208. The molecule has 1 heterocycles. The van der Waals surface area contributed by atoms with Gasteiger partial charge in [0.25, 0.3) is 5.91 Å². The Morgan fingerprint density at radius 2 is 1.63 bits per heavy atom. The number of amides is 1. The third-order valence-corrected chi connectivity index (χ3v) is 6.11. The van der Waals surface area contributed by atoms with Gasteiger partial charge in [-0.15, -0.1) is 0 Å². The second-order valence-corrected chi connectivity index (χ2v) is 8.37. The first-order valence-electron chi connectivity index (χ1n) is 9.71. The van der Waals surface area contributed by atoms with Gasteiger partial charge in [0.2, 0.25) is 10.0 Å². The Morgan fingerprint density at radius 1 is 0.967 bits per heavy atom. The van der Waals surface area contributed by atoms with E-state index in [1.165, 1.54) is 30.5 Å². The van der Waals surface area contributed by atoms with E-state index in [0.717, 1.165) is 18.8 Å². The molecule has 1 amide bonds. The van der Waals surface area contributed by atoms with Crippen LogP contribution in [0.2, 0.25) is 0 Å². The lowest BCUT2D eigenvalue weighted by molar-refractivity contribution is 0.102. The van der Waals surface area contributed by atoms with Crippen molar-refractivity contribution in [3.63, 3.8) is 0 Å². The van der Waals surface area contributed by atoms with Gasteiger partial charge in [0.15, 0.2) is 0 Å². The Labute approximate surface area is 176 Å². The summed E-state index contributed by atoms with van der Waals surface area (Å²) in [6.45, 7) is 6.06. The van der Waals surface area contributed by atoms with Crippen molar-refractivity contribution >= 4 is 27.3 Å². The molecule has 7 nitrogen and oxygen atoms in total. The van der Waals surface area contributed by atoms with Crippen molar-refractivity contribution in [2.45, 2.75) is 25.3 Å². The Balaban J connectivity index is 1.63. The van der Waals surface area contributed by atoms with Crippen LogP contribution < -0.4 is 14.9 Å². The maximum atomic E-state index is 12.5. The number of nitrogens with one attached hydrogen (secondary N) is 2. The van der Waals surface area contributed by atoms with Gasteiger partial charge in [-0.2, -0.15) is 0 Å². The molecule has 2 aromatic carbocycles. The first-order valence-corrected chi connectivity index (χ1v) is 11.2. The largest absolute Gasteiger partial charge is 0.468 e. The molecule has 0 fully saturated rings. The number of benzene rings is 2. The second kappa shape index (κ2) is 9.60. The summed E-state index contributed by atoms with van der Waals surface area (Å²) in [5, 5.41) is 2.83. The summed E-state index contributed by atoms with van der Waals surface area (Å²) in [6.07, 6.45) is 1.48. The first kappa shape index (κ1) is 21.6. The monoisotopic (exact) mass is 427 g/mol. The lowest BCUT2D eigenvalue weighted by Gasteiger charge is -2.21. The number of anilines is 2. The number of furan rings is 1. The fraction of sp³-hybridized carbons (Fsp3) is 0.227. The fourth-order valence-corrected chi connectivity index (χ4v) is 3.99. The topological polar surface area (TPSA) is 91.7 Å². The van der Waals surface area contributed by atoms with E-state index in [2.05, 4.69) is 28.8 Å². The number of carbonyl (C=O) groups is 1. The number of hydrogen-bond donors (Lipinski definition) is 2. The molecular formula is C22H25N3O4S. The molecule has 0 radical (unpaired) electrons. The van der Waals surface area contributed by atoms with Gasteiger partial charge in [-0.25, -0.2) is 13.1 Å². The maximum Gasteiger partial charge on any atom is 0.255 e.